The zero-order chi connectivity index (χ0) is 27.1. The second-order valence-corrected chi connectivity index (χ2v) is 10.9. The van der Waals surface area contributed by atoms with E-state index in [-0.39, 0.29) is 5.91 Å². The van der Waals surface area contributed by atoms with E-state index in [0.29, 0.717) is 18.9 Å². The average Bonchev–Trinajstić information content (AvgIpc) is 3.37. The first-order valence-electron chi connectivity index (χ1n) is 14.0. The number of thioether (sulfide) groups is 1. The number of carbonyl (C=O) groups excluding carboxylic acids is 1. The molecule has 0 bridgehead atoms. The Hall–Kier alpha value is -3.32. The van der Waals surface area contributed by atoms with Gasteiger partial charge in [0.05, 0.1) is 7.11 Å². The van der Waals surface area contributed by atoms with Gasteiger partial charge in [-0.1, -0.05) is 84.6 Å². The number of methoxy groups -OCH3 is 1. The molecule has 0 radical (unpaired) electrons. The highest BCUT2D eigenvalue weighted by Crippen LogP contribution is 2.23. The molecule has 1 heterocycles. The molecular weight excluding hydrogens is 504 g/mol. The van der Waals surface area contributed by atoms with Crippen LogP contribution in [0.2, 0.25) is 0 Å². The molecule has 1 aromatic heterocycles. The van der Waals surface area contributed by atoms with E-state index in [1.807, 2.05) is 24.3 Å². The molecule has 1 amide bonds. The number of allylic oxidation sites excluding steroid dienone is 9. The summed E-state index contributed by atoms with van der Waals surface area (Å²) in [6, 6.07) is 7.77. The van der Waals surface area contributed by atoms with E-state index in [1.54, 1.807) is 18.9 Å². The van der Waals surface area contributed by atoms with Gasteiger partial charge in [-0.3, -0.25) is 4.79 Å². The van der Waals surface area contributed by atoms with Crippen molar-refractivity contribution in [1.82, 2.24) is 20.1 Å². The summed E-state index contributed by atoms with van der Waals surface area (Å²) in [6.45, 7) is 1.39. The third-order valence-corrected chi connectivity index (χ3v) is 7.92. The number of aromatic nitrogens is 3. The van der Waals surface area contributed by atoms with Crippen molar-refractivity contribution in [2.45, 2.75) is 69.6 Å². The number of aryl methyl sites for hydroxylation is 1. The maximum atomic E-state index is 12.4. The number of nitrogens with zero attached hydrogens (tertiary/aromatic N) is 3. The molecule has 7 heteroatoms. The third-order valence-electron chi connectivity index (χ3n) is 7.00. The van der Waals surface area contributed by atoms with E-state index in [0.717, 1.165) is 79.5 Å². The minimum atomic E-state index is 0.0612. The highest BCUT2D eigenvalue weighted by atomic mass is 32.2. The first-order valence-corrected chi connectivity index (χ1v) is 15.0. The summed E-state index contributed by atoms with van der Waals surface area (Å²) in [4.78, 5) is 12.4. The van der Waals surface area contributed by atoms with Crippen molar-refractivity contribution in [3.05, 3.63) is 95.9 Å². The van der Waals surface area contributed by atoms with E-state index in [4.69, 9.17) is 4.74 Å². The van der Waals surface area contributed by atoms with E-state index in [2.05, 4.69) is 74.8 Å². The normalized spacial score (nSPS) is 16.5. The lowest BCUT2D eigenvalue weighted by Gasteiger charge is -2.15. The minimum Gasteiger partial charge on any atom is -0.496 e. The van der Waals surface area contributed by atoms with E-state index in [9.17, 15) is 4.79 Å². The number of hydrogen-bond acceptors (Lipinski definition) is 5. The summed E-state index contributed by atoms with van der Waals surface area (Å²) >= 11 is 1.75. The molecule has 2 aliphatic rings. The van der Waals surface area contributed by atoms with Crippen LogP contribution in [0.1, 0.15) is 56.3 Å². The molecule has 1 N–H and O–H groups in total. The Bertz CT molecular complexity index is 1220. The number of rotatable bonds is 15. The Morgan fingerprint density at radius 1 is 1.18 bits per heavy atom. The largest absolute Gasteiger partial charge is 0.496 e. The van der Waals surface area contributed by atoms with Gasteiger partial charge in [-0.05, 0) is 56.1 Å². The van der Waals surface area contributed by atoms with Gasteiger partial charge in [0.1, 0.15) is 11.6 Å². The number of nitrogens with one attached hydrogen (secondary N) is 1. The minimum absolute atomic E-state index is 0.0612. The monoisotopic (exact) mass is 544 g/mol. The van der Waals surface area contributed by atoms with Crippen molar-refractivity contribution in [1.29, 1.82) is 0 Å². The van der Waals surface area contributed by atoms with Gasteiger partial charge in [-0.25, -0.2) is 0 Å². The van der Waals surface area contributed by atoms with Gasteiger partial charge >= 0.3 is 0 Å². The zero-order valence-corrected chi connectivity index (χ0v) is 23.7. The lowest BCUT2D eigenvalue weighted by atomic mass is 9.97. The molecule has 6 nitrogen and oxygen atoms in total. The van der Waals surface area contributed by atoms with Crippen LogP contribution in [0.25, 0.3) is 0 Å². The summed E-state index contributed by atoms with van der Waals surface area (Å²) in [5.41, 5.74) is 2.36. The fraction of sp³-hybridized carbons (Fsp3) is 0.406. The Morgan fingerprint density at radius 3 is 2.92 bits per heavy atom. The van der Waals surface area contributed by atoms with Gasteiger partial charge < -0.3 is 14.6 Å². The van der Waals surface area contributed by atoms with Crippen LogP contribution in [-0.2, 0) is 24.3 Å². The molecule has 1 atom stereocenters. The summed E-state index contributed by atoms with van der Waals surface area (Å²) in [6.07, 6.45) is 27.2. The maximum absolute atomic E-state index is 12.4. The fourth-order valence-electron chi connectivity index (χ4n) is 4.76. The molecule has 2 aromatic rings. The Kier molecular flexibility index (Phi) is 11.7. The zero-order valence-electron chi connectivity index (χ0n) is 22.9. The summed E-state index contributed by atoms with van der Waals surface area (Å²) in [5, 5.41) is 13.1. The van der Waals surface area contributed by atoms with Crippen molar-refractivity contribution in [3.8, 4) is 5.75 Å². The molecule has 0 spiro atoms. The fourth-order valence-corrected chi connectivity index (χ4v) is 5.55. The predicted octanol–water partition coefficient (Wildman–Crippen LogP) is 6.76. The van der Waals surface area contributed by atoms with Crippen molar-refractivity contribution in [2.75, 3.05) is 12.9 Å². The molecule has 2 aliphatic carbocycles. The number of para-hydroxylation sites is 1. The van der Waals surface area contributed by atoms with Crippen LogP contribution in [0.4, 0.5) is 0 Å². The molecular formula is C32H40N4O2S. The van der Waals surface area contributed by atoms with Gasteiger partial charge in [-0.15, -0.1) is 10.2 Å². The Balaban J connectivity index is 1.26. The lowest BCUT2D eigenvalue weighted by Crippen LogP contribution is -2.22. The van der Waals surface area contributed by atoms with Crippen LogP contribution in [0, 0.1) is 5.92 Å². The number of amides is 1. The van der Waals surface area contributed by atoms with E-state index >= 15 is 0 Å². The summed E-state index contributed by atoms with van der Waals surface area (Å²) in [5.74, 6) is 3.31. The lowest BCUT2D eigenvalue weighted by molar-refractivity contribution is -0.121. The van der Waals surface area contributed by atoms with Crippen LogP contribution < -0.4 is 10.1 Å². The molecule has 0 saturated heterocycles. The summed E-state index contributed by atoms with van der Waals surface area (Å²) in [7, 11) is 1.65. The summed E-state index contributed by atoms with van der Waals surface area (Å²) < 4.78 is 7.67. The van der Waals surface area contributed by atoms with Crippen molar-refractivity contribution in [2.24, 2.45) is 5.92 Å². The second-order valence-electron chi connectivity index (χ2n) is 9.87. The Labute approximate surface area is 237 Å². The van der Waals surface area contributed by atoms with Gasteiger partial charge in [0, 0.05) is 37.2 Å². The Morgan fingerprint density at radius 2 is 2.10 bits per heavy atom. The number of hydrogen-bond donors (Lipinski definition) is 1. The molecule has 39 heavy (non-hydrogen) atoms. The quantitative estimate of drug-likeness (QED) is 0.198. The first-order chi connectivity index (χ1) is 19.2. The molecule has 0 aliphatic heterocycles. The average molecular weight is 545 g/mol. The third kappa shape index (κ3) is 9.43. The van der Waals surface area contributed by atoms with E-state index < -0.39 is 0 Å². The molecule has 0 saturated carbocycles. The maximum Gasteiger partial charge on any atom is 0.220 e. The first kappa shape index (κ1) is 28.7. The van der Waals surface area contributed by atoms with Crippen LogP contribution in [0.3, 0.4) is 0 Å². The molecule has 206 valence electrons. The van der Waals surface area contributed by atoms with Crippen LogP contribution in [-0.4, -0.2) is 33.5 Å². The molecule has 1 unspecified atom stereocenters. The number of ether oxygens (including phenoxy) is 1. The van der Waals surface area contributed by atoms with Crippen LogP contribution >= 0.6 is 11.8 Å². The van der Waals surface area contributed by atoms with Crippen LogP contribution in [0.5, 0.6) is 5.75 Å². The van der Waals surface area contributed by atoms with Crippen molar-refractivity contribution >= 4 is 17.7 Å². The highest BCUT2D eigenvalue weighted by molar-refractivity contribution is 7.99. The van der Waals surface area contributed by atoms with E-state index in [1.165, 1.54) is 5.57 Å². The standard InChI is InChI=1S/C32H40N4O2S/c1-38-29-19-9-8-18-28(29)25-33-31(37)21-11-10-20-30-34-35-32(36(30)23-22-27-15-6-3-7-16-27)39-24-12-17-26-13-4-2-5-14-26/h2-4,6-9,12-13,15,17-19,27H,5,10-11,14,16,20-25H2,1H3,(H,33,37)/b17-12+. The second kappa shape index (κ2) is 15.9. The topological polar surface area (TPSA) is 69.0 Å². The van der Waals surface area contributed by atoms with Gasteiger partial charge in [0.15, 0.2) is 5.16 Å². The molecule has 4 rings (SSSR count). The number of carbonyl (C=O) groups is 1. The van der Waals surface area contributed by atoms with Crippen LogP contribution in [0.15, 0.2) is 89.7 Å². The molecule has 0 fully saturated rings. The highest BCUT2D eigenvalue weighted by Gasteiger charge is 2.15. The van der Waals surface area contributed by atoms with Crippen molar-refractivity contribution in [3.63, 3.8) is 0 Å². The number of benzene rings is 1. The van der Waals surface area contributed by atoms with Gasteiger partial charge in [-0.2, -0.15) is 0 Å². The smallest absolute Gasteiger partial charge is 0.220 e. The SMILES string of the molecule is COc1ccccc1CNC(=O)CCCCc1nnc(SC/C=C/C2=CC=CCC2)n1CCC1C=CC=CC1. The molecule has 1 aromatic carbocycles. The van der Waals surface area contributed by atoms with Crippen molar-refractivity contribution < 1.29 is 9.53 Å². The predicted molar refractivity (Wildman–Crippen MR) is 160 cm³/mol. The number of unbranched alkanes of at least 4 members (excludes halogenated alkanes) is 1. The van der Waals surface area contributed by atoms with Gasteiger partial charge in [0.25, 0.3) is 0 Å². The van der Waals surface area contributed by atoms with Gasteiger partial charge in [0.2, 0.25) is 5.91 Å².